The van der Waals surface area contributed by atoms with Gasteiger partial charge in [0.2, 0.25) is 0 Å². The second-order valence-electron chi connectivity index (χ2n) is 13.2. The Balaban J connectivity index is 0.000000408. The third-order valence-electron chi connectivity index (χ3n) is 8.36. The number of hydrogen-bond acceptors (Lipinski definition) is 6. The standard InChI is InChI=1S/C20H20N2O2.C13H16O2.C9H18.Co/c1-15(24)18(14-23)13-22-20(17-11-7-4-8-12-17)19(21-2)16-9-5-3-6-10-16;1-8-5-9(2)13(10(3)6-8)12(15)7-11(4)14;1-7-4-8(2)6-9(3)5-7;/h3-14,19-20,23H,2H2,1H3;5-7,15H,1-4H3;7-9H,4-6H2,1-3H3;/q;;;+2/p-2/b18-14-,22-13?;12-7-;;/t19-,20-;;;/m0.../s1. The molecule has 263 valence electrons. The van der Waals surface area contributed by atoms with Crippen LogP contribution < -0.4 is 10.2 Å². The first kappa shape index (κ1) is 42.9. The number of aliphatic imine (C=N–C) groups is 2. The zero-order valence-electron chi connectivity index (χ0n) is 30.2. The molecule has 2 atom stereocenters. The van der Waals surface area contributed by atoms with E-state index in [4.69, 9.17) is 0 Å². The van der Waals surface area contributed by atoms with Crippen LogP contribution in [0.2, 0.25) is 0 Å². The van der Waals surface area contributed by atoms with Crippen molar-refractivity contribution >= 4 is 30.3 Å². The minimum atomic E-state index is -0.375. The maximum absolute atomic E-state index is 11.7. The predicted octanol–water partition coefficient (Wildman–Crippen LogP) is 8.05. The van der Waals surface area contributed by atoms with E-state index < -0.39 is 0 Å². The first-order chi connectivity index (χ1) is 22.8. The molecule has 4 rings (SSSR count). The predicted molar refractivity (Wildman–Crippen MR) is 196 cm³/mol. The van der Waals surface area contributed by atoms with Gasteiger partial charge in [-0.2, -0.15) is 0 Å². The van der Waals surface area contributed by atoms with Crippen molar-refractivity contribution in [2.75, 3.05) is 0 Å². The van der Waals surface area contributed by atoms with Gasteiger partial charge in [0.05, 0.1) is 0 Å². The molecule has 49 heavy (non-hydrogen) atoms. The van der Waals surface area contributed by atoms with Gasteiger partial charge in [0.15, 0.2) is 11.6 Å². The molecule has 7 heteroatoms. The van der Waals surface area contributed by atoms with Gasteiger partial charge in [-0.05, 0) is 112 Å². The van der Waals surface area contributed by atoms with Gasteiger partial charge in [0, 0.05) is 11.8 Å². The van der Waals surface area contributed by atoms with Crippen LogP contribution in [0, 0.1) is 38.5 Å². The van der Waals surface area contributed by atoms with Crippen molar-refractivity contribution in [1.82, 2.24) is 0 Å². The van der Waals surface area contributed by atoms with Crippen LogP contribution in [-0.2, 0) is 26.4 Å². The van der Waals surface area contributed by atoms with Gasteiger partial charge in [-0.15, -0.1) is 6.26 Å². The van der Waals surface area contributed by atoms with Gasteiger partial charge in [-0.3, -0.25) is 19.6 Å². The van der Waals surface area contributed by atoms with Crippen molar-refractivity contribution in [2.24, 2.45) is 27.7 Å². The molecule has 1 fully saturated rings. The normalized spacial score (nSPS) is 18.8. The quantitative estimate of drug-likeness (QED) is 0.128. The maximum Gasteiger partial charge on any atom is 2.00 e. The van der Waals surface area contributed by atoms with Crippen LogP contribution in [0.5, 0.6) is 0 Å². The molecule has 1 saturated carbocycles. The van der Waals surface area contributed by atoms with Crippen LogP contribution in [0.25, 0.3) is 5.76 Å². The Morgan fingerprint density at radius 2 is 1.22 bits per heavy atom. The molecule has 1 aliphatic carbocycles. The van der Waals surface area contributed by atoms with Gasteiger partial charge < -0.3 is 10.2 Å². The summed E-state index contributed by atoms with van der Waals surface area (Å²) in [6.45, 7) is 19.3. The van der Waals surface area contributed by atoms with Gasteiger partial charge >= 0.3 is 16.8 Å². The molecule has 0 aromatic heterocycles. The van der Waals surface area contributed by atoms with Crippen molar-refractivity contribution in [3.63, 3.8) is 0 Å². The van der Waals surface area contributed by atoms with Crippen molar-refractivity contribution in [1.29, 1.82) is 0 Å². The third kappa shape index (κ3) is 14.5. The van der Waals surface area contributed by atoms with Crippen LogP contribution in [0.3, 0.4) is 0 Å². The summed E-state index contributed by atoms with van der Waals surface area (Å²) in [7, 11) is 0. The van der Waals surface area contributed by atoms with E-state index >= 15 is 0 Å². The molecule has 1 radical (unpaired) electrons. The van der Waals surface area contributed by atoms with Gasteiger partial charge in [-0.25, -0.2) is 0 Å². The summed E-state index contributed by atoms with van der Waals surface area (Å²) in [4.78, 5) is 31.0. The molecular weight excluding hydrogens is 655 g/mol. The third-order valence-corrected chi connectivity index (χ3v) is 8.36. The summed E-state index contributed by atoms with van der Waals surface area (Å²) < 4.78 is 0. The van der Waals surface area contributed by atoms with Crippen molar-refractivity contribution < 1.29 is 36.6 Å². The topological polar surface area (TPSA) is 105 Å². The molecule has 3 aromatic carbocycles. The van der Waals surface area contributed by atoms with Crippen LogP contribution in [0.1, 0.15) is 99.3 Å². The zero-order chi connectivity index (χ0) is 35.8. The summed E-state index contributed by atoms with van der Waals surface area (Å²) >= 11 is 0. The molecule has 0 N–H and O–H groups in total. The molecule has 6 nitrogen and oxygen atoms in total. The van der Waals surface area contributed by atoms with E-state index in [2.05, 4.69) is 37.5 Å². The van der Waals surface area contributed by atoms with E-state index in [1.807, 2.05) is 93.6 Å². The molecule has 0 saturated heterocycles. The Hall–Kier alpha value is -4.07. The molecule has 0 unspecified atom stereocenters. The number of Topliss-reactive ketones (excluding diaryl/α,β-unsaturated/α-hetero) is 1. The van der Waals surface area contributed by atoms with Crippen molar-refractivity contribution in [3.05, 3.63) is 124 Å². The number of rotatable bonds is 9. The molecule has 0 amide bonds. The van der Waals surface area contributed by atoms with E-state index in [-0.39, 0.29) is 51.8 Å². The average Bonchev–Trinajstić information content (AvgIpc) is 3.00. The summed E-state index contributed by atoms with van der Waals surface area (Å²) in [5.74, 6) is 2.25. The SMILES string of the molecule is C=N[C@@H](c1ccccc1)[C@@H](N=C/C(=C/[O-])C(C)=O)c1ccccc1.CC(=O)/C=C(\[O-])c1c(C)cc(C)cc1C.CC1CC(C)CC(C)C1.[Co+2]. The minimum absolute atomic E-state index is 0. The van der Waals surface area contributed by atoms with Crippen molar-refractivity contribution in [2.45, 2.75) is 86.7 Å². The number of aryl methyl sites for hydroxylation is 3. The van der Waals surface area contributed by atoms with E-state index in [0.717, 1.165) is 51.6 Å². The summed E-state index contributed by atoms with van der Waals surface area (Å²) in [5, 5.41) is 22.8. The summed E-state index contributed by atoms with van der Waals surface area (Å²) in [5.41, 5.74) is 5.56. The second kappa shape index (κ2) is 21.8. The summed E-state index contributed by atoms with van der Waals surface area (Å²) in [6, 6.07) is 22.6. The number of benzene rings is 3. The van der Waals surface area contributed by atoms with Crippen LogP contribution >= 0.6 is 0 Å². The Bertz CT molecular complexity index is 1530. The maximum atomic E-state index is 11.7. The van der Waals surface area contributed by atoms with Crippen molar-refractivity contribution in [3.8, 4) is 0 Å². The number of allylic oxidation sites excluding steroid dienone is 2. The van der Waals surface area contributed by atoms with Crippen LogP contribution in [0.15, 0.2) is 101 Å². The zero-order valence-corrected chi connectivity index (χ0v) is 31.3. The smallest absolute Gasteiger partial charge is 0.877 e. The van der Waals surface area contributed by atoms with Crippen LogP contribution in [-0.4, -0.2) is 24.5 Å². The van der Waals surface area contributed by atoms with Gasteiger partial charge in [-0.1, -0.05) is 105 Å². The molecule has 0 heterocycles. The number of ketones is 2. The number of carbonyl (C=O) groups is 2. The fourth-order valence-electron chi connectivity index (χ4n) is 6.58. The van der Waals surface area contributed by atoms with Gasteiger partial charge in [0.1, 0.15) is 12.1 Å². The Labute approximate surface area is 304 Å². The number of nitrogens with zero attached hydrogens (tertiary/aromatic N) is 2. The first-order valence-corrected chi connectivity index (χ1v) is 16.7. The molecule has 0 aliphatic heterocycles. The Morgan fingerprint density at radius 3 is 1.59 bits per heavy atom. The number of carbonyl (C=O) groups excluding carboxylic acids is 2. The van der Waals surface area contributed by atoms with E-state index in [1.165, 1.54) is 39.3 Å². The molecule has 0 spiro atoms. The molecule has 1 aliphatic rings. The van der Waals surface area contributed by atoms with Gasteiger partial charge in [0.25, 0.3) is 0 Å². The second-order valence-corrected chi connectivity index (χ2v) is 13.2. The molecular formula is C42H52CoN2O4. The fourth-order valence-corrected chi connectivity index (χ4v) is 6.58. The van der Waals surface area contributed by atoms with E-state index in [0.29, 0.717) is 11.8 Å². The fraction of sp³-hybridized carbons (Fsp3) is 0.381. The Kier molecular flexibility index (Phi) is 19.1. The largest absolute Gasteiger partial charge is 2.00 e. The molecule has 3 aromatic rings. The Morgan fingerprint density at radius 1 is 0.796 bits per heavy atom. The minimum Gasteiger partial charge on any atom is -0.877 e. The van der Waals surface area contributed by atoms with E-state index in [1.54, 1.807) is 0 Å². The number of hydrogen-bond donors (Lipinski definition) is 0. The van der Waals surface area contributed by atoms with Crippen LogP contribution in [0.4, 0.5) is 0 Å². The summed E-state index contributed by atoms with van der Waals surface area (Å²) in [6.07, 6.45) is 7.38. The molecule has 0 bridgehead atoms. The van der Waals surface area contributed by atoms with E-state index in [9.17, 15) is 19.8 Å². The monoisotopic (exact) mass is 707 g/mol. The first-order valence-electron chi connectivity index (χ1n) is 16.7. The average molecular weight is 708 g/mol.